The first-order valence-corrected chi connectivity index (χ1v) is 10.0. The van der Waals surface area contributed by atoms with Gasteiger partial charge < -0.3 is 14.8 Å². The molecular formula is C22H26N2O3S. The Hall–Kier alpha value is -2.60. The summed E-state index contributed by atoms with van der Waals surface area (Å²) in [4.78, 5) is 17.2. The molecule has 3 rings (SSSR count). The van der Waals surface area contributed by atoms with Gasteiger partial charge in [0, 0.05) is 0 Å². The van der Waals surface area contributed by atoms with Gasteiger partial charge in [-0.3, -0.25) is 0 Å². The average molecular weight is 399 g/mol. The molecule has 0 aliphatic carbocycles. The maximum atomic E-state index is 12.4. The standard InChI is InChI=1S/C22H26N2O3S/c1-14-7-6-8-15(11-14)12-18(24-21(25)27-22(2,3)4)20-23-17-10-9-16(26-5)13-19(17)28-20/h6-11,13,18H,12H2,1-5H3,(H,24,25). The van der Waals surface area contributed by atoms with Gasteiger partial charge in [-0.2, -0.15) is 0 Å². The highest BCUT2D eigenvalue weighted by atomic mass is 32.1. The van der Waals surface area contributed by atoms with Crippen LogP contribution in [0.1, 0.15) is 42.9 Å². The summed E-state index contributed by atoms with van der Waals surface area (Å²) in [5, 5.41) is 3.85. The number of nitrogens with zero attached hydrogens (tertiary/aromatic N) is 1. The Balaban J connectivity index is 1.91. The van der Waals surface area contributed by atoms with Gasteiger partial charge in [0.1, 0.15) is 16.4 Å². The van der Waals surface area contributed by atoms with Gasteiger partial charge in [-0.15, -0.1) is 11.3 Å². The maximum Gasteiger partial charge on any atom is 0.408 e. The lowest BCUT2D eigenvalue weighted by atomic mass is 10.0. The number of thiazole rings is 1. The van der Waals surface area contributed by atoms with Crippen molar-refractivity contribution >= 4 is 27.6 Å². The van der Waals surface area contributed by atoms with Crippen molar-refractivity contribution in [2.24, 2.45) is 0 Å². The molecule has 1 unspecified atom stereocenters. The number of benzene rings is 2. The fourth-order valence-corrected chi connectivity index (χ4v) is 3.97. The van der Waals surface area contributed by atoms with Crippen molar-refractivity contribution < 1.29 is 14.3 Å². The molecule has 0 spiro atoms. The number of rotatable bonds is 5. The zero-order chi connectivity index (χ0) is 20.3. The molecule has 0 saturated carbocycles. The summed E-state index contributed by atoms with van der Waals surface area (Å²) < 4.78 is 11.8. The van der Waals surface area contributed by atoms with Crippen LogP contribution in [-0.2, 0) is 11.2 Å². The first kappa shape index (κ1) is 20.1. The van der Waals surface area contributed by atoms with E-state index in [1.54, 1.807) is 18.4 Å². The minimum absolute atomic E-state index is 0.278. The van der Waals surface area contributed by atoms with E-state index in [0.29, 0.717) is 6.42 Å². The number of hydrogen-bond donors (Lipinski definition) is 1. The lowest BCUT2D eigenvalue weighted by Crippen LogP contribution is -2.35. The van der Waals surface area contributed by atoms with E-state index in [1.807, 2.05) is 45.0 Å². The number of fused-ring (bicyclic) bond motifs is 1. The van der Waals surface area contributed by atoms with Gasteiger partial charge in [-0.25, -0.2) is 9.78 Å². The Kier molecular flexibility index (Phi) is 5.89. The normalized spacial score (nSPS) is 12.6. The molecule has 3 aromatic rings. The van der Waals surface area contributed by atoms with Crippen LogP contribution in [0.3, 0.4) is 0 Å². The van der Waals surface area contributed by atoms with Gasteiger partial charge in [-0.1, -0.05) is 29.8 Å². The van der Waals surface area contributed by atoms with Crippen LogP contribution in [0.5, 0.6) is 5.75 Å². The van der Waals surface area contributed by atoms with Crippen molar-refractivity contribution in [1.82, 2.24) is 10.3 Å². The van der Waals surface area contributed by atoms with Crippen molar-refractivity contribution in [2.75, 3.05) is 7.11 Å². The molecule has 0 bridgehead atoms. The van der Waals surface area contributed by atoms with E-state index in [0.717, 1.165) is 26.5 Å². The van der Waals surface area contributed by atoms with E-state index in [4.69, 9.17) is 14.5 Å². The lowest BCUT2D eigenvalue weighted by molar-refractivity contribution is 0.0503. The summed E-state index contributed by atoms with van der Waals surface area (Å²) in [7, 11) is 1.65. The van der Waals surface area contributed by atoms with Crippen molar-refractivity contribution in [3.8, 4) is 5.75 Å². The smallest absolute Gasteiger partial charge is 0.408 e. The summed E-state index contributed by atoms with van der Waals surface area (Å²) >= 11 is 1.56. The van der Waals surface area contributed by atoms with Crippen LogP contribution in [0.15, 0.2) is 42.5 Å². The molecule has 6 heteroatoms. The van der Waals surface area contributed by atoms with Crippen LogP contribution in [0.2, 0.25) is 0 Å². The van der Waals surface area contributed by atoms with Crippen LogP contribution in [-0.4, -0.2) is 23.8 Å². The molecule has 1 aromatic heterocycles. The van der Waals surface area contributed by atoms with E-state index < -0.39 is 11.7 Å². The lowest BCUT2D eigenvalue weighted by Gasteiger charge is -2.23. The van der Waals surface area contributed by atoms with E-state index in [1.165, 1.54) is 5.56 Å². The summed E-state index contributed by atoms with van der Waals surface area (Å²) in [6.45, 7) is 7.62. The fraction of sp³-hybridized carbons (Fsp3) is 0.364. The molecule has 5 nitrogen and oxygen atoms in total. The fourth-order valence-electron chi connectivity index (χ4n) is 2.92. The molecule has 0 fully saturated rings. The summed E-state index contributed by atoms with van der Waals surface area (Å²) in [5.74, 6) is 0.790. The van der Waals surface area contributed by atoms with E-state index >= 15 is 0 Å². The molecule has 2 aromatic carbocycles. The van der Waals surface area contributed by atoms with E-state index in [9.17, 15) is 4.79 Å². The third-order valence-corrected chi connectivity index (χ3v) is 5.26. The third kappa shape index (κ3) is 5.23. The van der Waals surface area contributed by atoms with Gasteiger partial charge in [0.05, 0.1) is 23.4 Å². The SMILES string of the molecule is COc1ccc2nc(C(Cc3cccc(C)c3)NC(=O)OC(C)(C)C)sc2c1. The van der Waals surface area contributed by atoms with Crippen LogP contribution < -0.4 is 10.1 Å². The number of carbonyl (C=O) groups excluding carboxylic acids is 1. The topological polar surface area (TPSA) is 60.5 Å². The minimum Gasteiger partial charge on any atom is -0.497 e. The third-order valence-electron chi connectivity index (χ3n) is 4.12. The van der Waals surface area contributed by atoms with E-state index in [-0.39, 0.29) is 6.04 Å². The number of aromatic nitrogens is 1. The van der Waals surface area contributed by atoms with Gasteiger partial charge in [0.15, 0.2) is 0 Å². The summed E-state index contributed by atoms with van der Waals surface area (Å²) in [6.07, 6.45) is 0.194. The molecule has 1 atom stereocenters. The van der Waals surface area contributed by atoms with Crippen LogP contribution in [0.25, 0.3) is 10.2 Å². The predicted octanol–water partition coefficient (Wildman–Crippen LogP) is 5.42. The zero-order valence-electron chi connectivity index (χ0n) is 16.9. The second kappa shape index (κ2) is 8.19. The molecule has 0 aliphatic heterocycles. The number of hydrogen-bond acceptors (Lipinski definition) is 5. The van der Waals surface area contributed by atoms with Gasteiger partial charge >= 0.3 is 6.09 Å². The Morgan fingerprint density at radius 1 is 1.21 bits per heavy atom. The van der Waals surface area contributed by atoms with Crippen molar-refractivity contribution in [3.63, 3.8) is 0 Å². The number of alkyl carbamates (subject to hydrolysis) is 1. The van der Waals surface area contributed by atoms with E-state index in [2.05, 4.69) is 30.4 Å². The summed E-state index contributed by atoms with van der Waals surface area (Å²) in [5.41, 5.74) is 2.65. The zero-order valence-corrected chi connectivity index (χ0v) is 17.7. The molecule has 0 radical (unpaired) electrons. The Morgan fingerprint density at radius 2 is 2.00 bits per heavy atom. The molecule has 0 aliphatic rings. The second-order valence-electron chi connectivity index (χ2n) is 7.78. The first-order valence-electron chi connectivity index (χ1n) is 9.23. The highest BCUT2D eigenvalue weighted by Crippen LogP contribution is 2.31. The number of amides is 1. The monoisotopic (exact) mass is 398 g/mol. The van der Waals surface area contributed by atoms with Gasteiger partial charge in [0.2, 0.25) is 0 Å². The number of ether oxygens (including phenoxy) is 2. The Morgan fingerprint density at radius 3 is 2.68 bits per heavy atom. The predicted molar refractivity (Wildman–Crippen MR) is 113 cm³/mol. The Labute approximate surface area is 169 Å². The number of methoxy groups -OCH3 is 1. The largest absolute Gasteiger partial charge is 0.497 e. The highest BCUT2D eigenvalue weighted by Gasteiger charge is 2.23. The van der Waals surface area contributed by atoms with Gasteiger partial charge in [-0.05, 0) is 57.9 Å². The molecule has 1 N–H and O–H groups in total. The maximum absolute atomic E-state index is 12.4. The molecular weight excluding hydrogens is 372 g/mol. The second-order valence-corrected chi connectivity index (χ2v) is 8.84. The highest BCUT2D eigenvalue weighted by molar-refractivity contribution is 7.18. The minimum atomic E-state index is -0.557. The van der Waals surface area contributed by atoms with Crippen molar-refractivity contribution in [2.45, 2.75) is 45.8 Å². The van der Waals surface area contributed by atoms with Crippen molar-refractivity contribution in [1.29, 1.82) is 0 Å². The summed E-state index contributed by atoms with van der Waals surface area (Å²) in [6, 6.07) is 13.8. The van der Waals surface area contributed by atoms with Crippen LogP contribution >= 0.6 is 11.3 Å². The molecule has 1 amide bonds. The quantitative estimate of drug-likeness (QED) is 0.623. The Bertz CT molecular complexity index is 975. The molecule has 148 valence electrons. The number of aryl methyl sites for hydroxylation is 1. The van der Waals surface area contributed by atoms with Gasteiger partial charge in [0.25, 0.3) is 0 Å². The van der Waals surface area contributed by atoms with Crippen LogP contribution in [0, 0.1) is 6.92 Å². The molecule has 28 heavy (non-hydrogen) atoms. The first-order chi connectivity index (χ1) is 13.2. The molecule has 1 heterocycles. The number of carbonyl (C=O) groups is 1. The molecule has 0 saturated heterocycles. The average Bonchev–Trinajstić information content (AvgIpc) is 3.02. The van der Waals surface area contributed by atoms with Crippen molar-refractivity contribution in [3.05, 3.63) is 58.6 Å². The van der Waals surface area contributed by atoms with Crippen LogP contribution in [0.4, 0.5) is 4.79 Å². The number of nitrogens with one attached hydrogen (secondary N) is 1.